The first kappa shape index (κ1) is 25.5. The highest BCUT2D eigenvalue weighted by Gasteiger charge is 2.28. The lowest BCUT2D eigenvalue weighted by molar-refractivity contribution is 0.558. The number of imidazole rings is 3. The zero-order valence-corrected chi connectivity index (χ0v) is 24.0. The fraction of sp³-hybridized carbons (Fsp3) is 0.286. The van der Waals surface area contributed by atoms with Crippen LogP contribution in [-0.4, -0.2) is 29.9 Å². The lowest BCUT2D eigenvalue weighted by atomic mass is 9.80. The van der Waals surface area contributed by atoms with Crippen LogP contribution >= 0.6 is 0 Å². The highest BCUT2D eigenvalue weighted by molar-refractivity contribution is 5.87. The van der Waals surface area contributed by atoms with Crippen molar-refractivity contribution in [2.24, 2.45) is 0 Å². The summed E-state index contributed by atoms with van der Waals surface area (Å²) in [4.78, 5) is 25.3. The maximum atomic E-state index is 4.99. The van der Waals surface area contributed by atoms with Crippen LogP contribution in [0.2, 0.25) is 0 Å². The third kappa shape index (κ3) is 4.88. The molecule has 1 aliphatic carbocycles. The molecule has 0 saturated carbocycles. The maximum Gasteiger partial charge on any atom is 0.138 e. The van der Waals surface area contributed by atoms with E-state index in [1.54, 1.807) is 0 Å². The van der Waals surface area contributed by atoms with Gasteiger partial charge in [0.25, 0.3) is 0 Å². The Morgan fingerprint density at radius 2 is 1.37 bits per heavy atom. The van der Waals surface area contributed by atoms with Crippen molar-refractivity contribution in [3.8, 4) is 22.8 Å². The summed E-state index contributed by atoms with van der Waals surface area (Å²) >= 11 is 0. The molecule has 6 heteroatoms. The van der Waals surface area contributed by atoms with Crippen LogP contribution in [0.1, 0.15) is 63.8 Å². The molecule has 1 unspecified atom stereocenters. The summed E-state index contributed by atoms with van der Waals surface area (Å²) in [6.07, 6.45) is 14.4. The average Bonchev–Trinajstić information content (AvgIpc) is 3.72. The Morgan fingerprint density at radius 3 is 2.02 bits per heavy atom. The largest absolute Gasteiger partial charge is 0.341 e. The summed E-state index contributed by atoms with van der Waals surface area (Å²) in [6, 6.07) is 18.9. The van der Waals surface area contributed by atoms with Crippen molar-refractivity contribution < 1.29 is 0 Å². The SMILES string of the molecule is CCCCCCC1=CCC(C)(c2nc3ccc(-c4nc5ccc(-c6nc7ccc(C)cc7[nH]6)cc5[nH]4)cc3[nH]2)C=C1. The van der Waals surface area contributed by atoms with Gasteiger partial charge < -0.3 is 15.0 Å². The van der Waals surface area contributed by atoms with Gasteiger partial charge >= 0.3 is 0 Å². The first-order valence-electron chi connectivity index (χ1n) is 14.8. The van der Waals surface area contributed by atoms with E-state index in [1.165, 1.54) is 43.2 Å². The monoisotopic (exact) mass is 540 g/mol. The zero-order chi connectivity index (χ0) is 28.0. The van der Waals surface area contributed by atoms with Gasteiger partial charge in [0.15, 0.2) is 0 Å². The van der Waals surface area contributed by atoms with Crippen LogP contribution < -0.4 is 0 Å². The van der Waals surface area contributed by atoms with Gasteiger partial charge in [-0.2, -0.15) is 0 Å². The fourth-order valence-electron chi connectivity index (χ4n) is 5.87. The van der Waals surface area contributed by atoms with Crippen molar-refractivity contribution >= 4 is 33.1 Å². The third-order valence-corrected chi connectivity index (χ3v) is 8.46. The highest BCUT2D eigenvalue weighted by Crippen LogP contribution is 2.35. The van der Waals surface area contributed by atoms with Crippen LogP contribution in [0.5, 0.6) is 0 Å². The van der Waals surface area contributed by atoms with Crippen molar-refractivity contribution in [3.63, 3.8) is 0 Å². The van der Waals surface area contributed by atoms with E-state index in [9.17, 15) is 0 Å². The molecule has 1 atom stereocenters. The molecule has 7 rings (SSSR count). The Kier molecular flexibility index (Phi) is 6.34. The second kappa shape index (κ2) is 10.2. The van der Waals surface area contributed by atoms with Crippen LogP contribution in [0, 0.1) is 6.92 Å². The van der Waals surface area contributed by atoms with Gasteiger partial charge in [-0.05, 0) is 87.2 Å². The van der Waals surface area contributed by atoms with Gasteiger partial charge in [0.05, 0.1) is 33.1 Å². The molecule has 0 amide bonds. The topological polar surface area (TPSA) is 86.0 Å². The van der Waals surface area contributed by atoms with Crippen LogP contribution in [0.3, 0.4) is 0 Å². The highest BCUT2D eigenvalue weighted by atomic mass is 15.0. The second-order valence-electron chi connectivity index (χ2n) is 11.8. The van der Waals surface area contributed by atoms with E-state index in [-0.39, 0.29) is 5.41 Å². The lowest BCUT2D eigenvalue weighted by Gasteiger charge is -2.26. The standard InChI is InChI=1S/C35H36N6/c1-4-5-6-7-8-23-15-17-35(3,18-16-23)34-40-28-14-11-25(21-31(28)41-34)33-37-27-13-10-24(20-30(27)39-33)32-36-26-12-9-22(2)19-29(26)38-32/h9-17,19-21H,4-8,18H2,1-3H3,(H,36,38)(H,37,39)(H,40,41). The summed E-state index contributed by atoms with van der Waals surface area (Å²) in [7, 11) is 0. The molecule has 6 aromatic rings. The molecule has 0 saturated heterocycles. The number of hydrogen-bond donors (Lipinski definition) is 3. The summed E-state index contributed by atoms with van der Waals surface area (Å²) in [5.41, 5.74) is 10.5. The zero-order valence-electron chi connectivity index (χ0n) is 24.0. The number of nitrogens with zero attached hydrogens (tertiary/aromatic N) is 3. The number of aryl methyl sites for hydroxylation is 1. The van der Waals surface area contributed by atoms with Gasteiger partial charge in [0.1, 0.15) is 17.5 Å². The van der Waals surface area contributed by atoms with Crippen molar-refractivity contribution in [1.82, 2.24) is 29.9 Å². The Morgan fingerprint density at radius 1 is 0.732 bits per heavy atom. The van der Waals surface area contributed by atoms with Gasteiger partial charge in [-0.25, -0.2) is 15.0 Å². The molecule has 6 nitrogen and oxygen atoms in total. The molecule has 3 aromatic carbocycles. The third-order valence-electron chi connectivity index (χ3n) is 8.46. The van der Waals surface area contributed by atoms with Crippen molar-refractivity contribution in [2.75, 3.05) is 0 Å². The summed E-state index contributed by atoms with van der Waals surface area (Å²) in [5.74, 6) is 2.71. The summed E-state index contributed by atoms with van der Waals surface area (Å²) in [6.45, 7) is 6.63. The number of aromatic amines is 3. The molecule has 0 radical (unpaired) electrons. The number of allylic oxidation sites excluding steroid dienone is 4. The molecular formula is C35H36N6. The van der Waals surface area contributed by atoms with Gasteiger partial charge in [0.2, 0.25) is 0 Å². The number of benzene rings is 3. The average molecular weight is 541 g/mol. The molecule has 0 aliphatic heterocycles. The number of H-pyrrole nitrogens is 3. The van der Waals surface area contributed by atoms with Crippen LogP contribution in [-0.2, 0) is 5.41 Å². The Hall–Kier alpha value is -4.45. The lowest BCUT2D eigenvalue weighted by Crippen LogP contribution is -2.22. The van der Waals surface area contributed by atoms with Crippen molar-refractivity contribution in [2.45, 2.75) is 64.7 Å². The minimum Gasteiger partial charge on any atom is -0.341 e. The number of fused-ring (bicyclic) bond motifs is 3. The molecule has 1 aliphatic rings. The number of nitrogens with one attached hydrogen (secondary N) is 3. The summed E-state index contributed by atoms with van der Waals surface area (Å²) in [5, 5.41) is 0. The quantitative estimate of drug-likeness (QED) is 0.168. The number of hydrogen-bond acceptors (Lipinski definition) is 3. The smallest absolute Gasteiger partial charge is 0.138 e. The molecule has 3 N–H and O–H groups in total. The molecule has 0 spiro atoms. The molecule has 3 heterocycles. The maximum absolute atomic E-state index is 4.99. The molecule has 3 aromatic heterocycles. The van der Waals surface area contributed by atoms with Gasteiger partial charge in [-0.15, -0.1) is 0 Å². The minimum absolute atomic E-state index is 0.128. The normalized spacial score (nSPS) is 17.2. The number of rotatable bonds is 8. The molecular weight excluding hydrogens is 504 g/mol. The van der Waals surface area contributed by atoms with E-state index >= 15 is 0 Å². The predicted molar refractivity (Wildman–Crippen MR) is 169 cm³/mol. The first-order valence-corrected chi connectivity index (χ1v) is 14.8. The van der Waals surface area contributed by atoms with Crippen molar-refractivity contribution in [1.29, 1.82) is 0 Å². The Bertz CT molecular complexity index is 1950. The number of unbranched alkanes of at least 4 members (excludes halogenated alkanes) is 3. The number of aromatic nitrogens is 6. The van der Waals surface area contributed by atoms with E-state index in [1.807, 2.05) is 0 Å². The fourth-order valence-corrected chi connectivity index (χ4v) is 5.87. The van der Waals surface area contributed by atoms with Gasteiger partial charge in [0, 0.05) is 16.5 Å². The van der Waals surface area contributed by atoms with Crippen LogP contribution in [0.15, 0.2) is 78.4 Å². The summed E-state index contributed by atoms with van der Waals surface area (Å²) < 4.78 is 0. The molecule has 0 fully saturated rings. The van der Waals surface area contributed by atoms with E-state index in [0.717, 1.165) is 68.1 Å². The van der Waals surface area contributed by atoms with Gasteiger partial charge in [-0.1, -0.05) is 56.1 Å². The second-order valence-corrected chi connectivity index (χ2v) is 11.8. The van der Waals surface area contributed by atoms with Gasteiger partial charge in [-0.3, -0.25) is 0 Å². The Labute approximate surface area is 240 Å². The first-order chi connectivity index (χ1) is 20.0. The van der Waals surface area contributed by atoms with E-state index in [0.29, 0.717) is 0 Å². The van der Waals surface area contributed by atoms with Crippen LogP contribution in [0.25, 0.3) is 55.9 Å². The molecule has 41 heavy (non-hydrogen) atoms. The molecule has 206 valence electrons. The minimum atomic E-state index is -0.128. The van der Waals surface area contributed by atoms with E-state index in [4.69, 9.17) is 15.0 Å². The van der Waals surface area contributed by atoms with E-state index < -0.39 is 0 Å². The van der Waals surface area contributed by atoms with E-state index in [2.05, 4.69) is 109 Å². The predicted octanol–water partition coefficient (Wildman–Crippen LogP) is 9.07. The molecule has 0 bridgehead atoms. The van der Waals surface area contributed by atoms with Crippen LogP contribution in [0.4, 0.5) is 0 Å². The Balaban J connectivity index is 1.13. The van der Waals surface area contributed by atoms with Crippen molar-refractivity contribution in [3.05, 3.63) is 89.8 Å².